The maximum atomic E-state index is 13.9. The molecule has 1 atom stereocenters. The zero-order valence-electron chi connectivity index (χ0n) is 13.1. The zero-order valence-corrected chi connectivity index (χ0v) is 13.1. The van der Waals surface area contributed by atoms with Crippen molar-refractivity contribution in [2.45, 2.75) is 44.2 Å². The maximum Gasteiger partial charge on any atom is 0.261 e. The van der Waals surface area contributed by atoms with Crippen LogP contribution in [0.1, 0.15) is 43.6 Å². The largest absolute Gasteiger partial charge is 0.381 e. The van der Waals surface area contributed by atoms with Crippen LogP contribution in [-0.4, -0.2) is 22.8 Å². The molecule has 3 heterocycles. The standard InChI is InChI=1S/C17H20FN3O2/c1-10(19)12-8-11(18)9-13-14(12)20-16-17(3-6-23-7-4-17)2-5-21(16)15(13)22/h8-10H,2-7,19H2,1H3/t10-/m1/s1. The number of ether oxygens (including phenoxy) is 1. The number of hydrogen-bond acceptors (Lipinski definition) is 4. The van der Waals surface area contributed by atoms with Gasteiger partial charge in [0.15, 0.2) is 0 Å². The first-order valence-electron chi connectivity index (χ1n) is 8.10. The first-order chi connectivity index (χ1) is 11.0. The molecule has 5 nitrogen and oxygen atoms in total. The van der Waals surface area contributed by atoms with Crippen LogP contribution in [0.15, 0.2) is 16.9 Å². The van der Waals surface area contributed by atoms with E-state index in [1.165, 1.54) is 12.1 Å². The van der Waals surface area contributed by atoms with Crippen molar-refractivity contribution in [1.82, 2.24) is 9.55 Å². The molecule has 6 heteroatoms. The zero-order chi connectivity index (χ0) is 16.2. The van der Waals surface area contributed by atoms with Gasteiger partial charge in [-0.1, -0.05) is 0 Å². The van der Waals surface area contributed by atoms with Crippen LogP contribution in [0.3, 0.4) is 0 Å². The molecule has 2 N–H and O–H groups in total. The van der Waals surface area contributed by atoms with E-state index in [9.17, 15) is 9.18 Å². The van der Waals surface area contributed by atoms with Crippen molar-refractivity contribution in [1.29, 1.82) is 0 Å². The van der Waals surface area contributed by atoms with Crippen molar-refractivity contribution >= 4 is 10.9 Å². The summed E-state index contributed by atoms with van der Waals surface area (Å²) in [5, 5.41) is 0.324. The van der Waals surface area contributed by atoms with E-state index < -0.39 is 5.82 Å². The Kier molecular flexibility index (Phi) is 3.28. The second-order valence-corrected chi connectivity index (χ2v) is 6.71. The molecule has 0 saturated carbocycles. The van der Waals surface area contributed by atoms with Gasteiger partial charge in [-0.3, -0.25) is 9.36 Å². The lowest BCUT2D eigenvalue weighted by Crippen LogP contribution is -2.34. The number of aromatic nitrogens is 2. The SMILES string of the molecule is C[C@@H](N)c1cc(F)cc2c(=O)n3c(nc12)C1(CCOCC1)CC3. The van der Waals surface area contributed by atoms with Crippen molar-refractivity contribution in [3.05, 3.63) is 39.7 Å². The molecular formula is C17H20FN3O2. The molecular weight excluding hydrogens is 297 g/mol. The smallest absolute Gasteiger partial charge is 0.261 e. The summed E-state index contributed by atoms with van der Waals surface area (Å²) in [4.78, 5) is 17.7. The van der Waals surface area contributed by atoms with Gasteiger partial charge in [-0.2, -0.15) is 0 Å². The predicted molar refractivity (Wildman–Crippen MR) is 84.9 cm³/mol. The summed E-state index contributed by atoms with van der Waals surface area (Å²) in [5.74, 6) is 0.384. The van der Waals surface area contributed by atoms with Gasteiger partial charge >= 0.3 is 0 Å². The molecule has 23 heavy (non-hydrogen) atoms. The van der Waals surface area contributed by atoms with Gasteiger partial charge in [-0.05, 0) is 43.9 Å². The molecule has 122 valence electrons. The molecule has 0 bridgehead atoms. The third-order valence-electron chi connectivity index (χ3n) is 5.28. The van der Waals surface area contributed by atoms with Gasteiger partial charge in [-0.25, -0.2) is 9.37 Å². The molecule has 0 aliphatic carbocycles. The minimum Gasteiger partial charge on any atom is -0.381 e. The van der Waals surface area contributed by atoms with Crippen molar-refractivity contribution < 1.29 is 9.13 Å². The van der Waals surface area contributed by atoms with Crippen LogP contribution in [0.2, 0.25) is 0 Å². The number of benzene rings is 1. The average Bonchev–Trinajstić information content (AvgIpc) is 2.87. The van der Waals surface area contributed by atoms with E-state index in [2.05, 4.69) is 0 Å². The first kappa shape index (κ1) is 14.8. The normalized spacial score (nSPS) is 20.8. The fourth-order valence-electron chi connectivity index (χ4n) is 3.95. The van der Waals surface area contributed by atoms with Gasteiger partial charge in [0.25, 0.3) is 5.56 Å². The Morgan fingerprint density at radius 2 is 2.09 bits per heavy atom. The molecule has 4 rings (SSSR count). The third-order valence-corrected chi connectivity index (χ3v) is 5.28. The van der Waals surface area contributed by atoms with Gasteiger partial charge in [-0.15, -0.1) is 0 Å². The van der Waals surface area contributed by atoms with E-state index >= 15 is 0 Å². The van der Waals surface area contributed by atoms with Crippen LogP contribution in [0, 0.1) is 5.82 Å². The van der Waals surface area contributed by atoms with Crippen LogP contribution < -0.4 is 11.3 Å². The maximum absolute atomic E-state index is 13.9. The van der Waals surface area contributed by atoms with Crippen molar-refractivity contribution in [2.24, 2.45) is 5.73 Å². The van der Waals surface area contributed by atoms with Gasteiger partial charge in [0.2, 0.25) is 0 Å². The summed E-state index contributed by atoms with van der Waals surface area (Å²) in [6.07, 6.45) is 2.64. The minimum absolute atomic E-state index is 0.0882. The Morgan fingerprint density at radius 1 is 1.35 bits per heavy atom. The minimum atomic E-state index is -0.442. The fourth-order valence-corrected chi connectivity index (χ4v) is 3.95. The Balaban J connectivity index is 2.03. The Hall–Kier alpha value is -1.79. The first-order valence-corrected chi connectivity index (χ1v) is 8.10. The summed E-state index contributed by atoms with van der Waals surface area (Å²) in [5.41, 5.74) is 6.87. The molecule has 1 aromatic carbocycles. The van der Waals surface area contributed by atoms with E-state index in [0.29, 0.717) is 36.2 Å². The Bertz CT molecular complexity index is 838. The molecule has 2 aliphatic heterocycles. The van der Waals surface area contributed by atoms with Gasteiger partial charge in [0.05, 0.1) is 10.9 Å². The van der Waals surface area contributed by atoms with Crippen molar-refractivity contribution in [2.75, 3.05) is 13.2 Å². The van der Waals surface area contributed by atoms with Crippen LogP contribution in [0.25, 0.3) is 10.9 Å². The third kappa shape index (κ3) is 2.12. The topological polar surface area (TPSA) is 70.1 Å². The molecule has 2 aromatic rings. The monoisotopic (exact) mass is 317 g/mol. The van der Waals surface area contributed by atoms with Crippen molar-refractivity contribution in [3.63, 3.8) is 0 Å². The number of hydrogen-bond donors (Lipinski definition) is 1. The molecule has 2 aliphatic rings. The van der Waals surface area contributed by atoms with E-state index in [1.54, 1.807) is 11.5 Å². The molecule has 0 radical (unpaired) electrons. The number of fused-ring (bicyclic) bond motifs is 3. The average molecular weight is 317 g/mol. The van der Waals surface area contributed by atoms with Crippen LogP contribution >= 0.6 is 0 Å². The van der Waals surface area contributed by atoms with Gasteiger partial charge < -0.3 is 10.5 Å². The number of nitrogens with zero attached hydrogens (tertiary/aromatic N) is 2. The highest BCUT2D eigenvalue weighted by Crippen LogP contribution is 2.41. The summed E-state index contributed by atoms with van der Waals surface area (Å²) >= 11 is 0. The van der Waals surface area contributed by atoms with Crippen LogP contribution in [0.5, 0.6) is 0 Å². The molecule has 1 aromatic heterocycles. The van der Waals surface area contributed by atoms with Gasteiger partial charge in [0.1, 0.15) is 11.6 Å². The summed E-state index contributed by atoms with van der Waals surface area (Å²) < 4.78 is 21.1. The van der Waals surface area contributed by atoms with Gasteiger partial charge in [0, 0.05) is 31.2 Å². The molecule has 0 amide bonds. The number of halogens is 1. The van der Waals surface area contributed by atoms with E-state index in [0.717, 1.165) is 25.1 Å². The van der Waals surface area contributed by atoms with E-state index in [1.807, 2.05) is 0 Å². The molecule has 1 spiro atoms. The van der Waals surface area contributed by atoms with E-state index in [-0.39, 0.29) is 17.0 Å². The lowest BCUT2D eigenvalue weighted by Gasteiger charge is -2.32. The van der Waals surface area contributed by atoms with Crippen LogP contribution in [0.4, 0.5) is 4.39 Å². The molecule has 1 saturated heterocycles. The second-order valence-electron chi connectivity index (χ2n) is 6.71. The summed E-state index contributed by atoms with van der Waals surface area (Å²) in [7, 11) is 0. The highest BCUT2D eigenvalue weighted by molar-refractivity contribution is 5.82. The molecule has 1 fully saturated rings. The number of rotatable bonds is 1. The molecule has 0 unspecified atom stereocenters. The number of nitrogens with two attached hydrogens (primary N) is 1. The predicted octanol–water partition coefficient (Wildman–Crippen LogP) is 2.01. The quantitative estimate of drug-likeness (QED) is 0.873. The summed E-state index contributed by atoms with van der Waals surface area (Å²) in [6.45, 7) is 3.81. The summed E-state index contributed by atoms with van der Waals surface area (Å²) in [6, 6.07) is 2.29. The lowest BCUT2D eigenvalue weighted by molar-refractivity contribution is 0.0492. The Morgan fingerprint density at radius 3 is 2.78 bits per heavy atom. The second kappa shape index (κ2) is 5.11. The Labute approximate surface area is 133 Å². The van der Waals surface area contributed by atoms with Crippen LogP contribution in [-0.2, 0) is 16.7 Å². The lowest BCUT2D eigenvalue weighted by atomic mass is 9.78. The van der Waals surface area contributed by atoms with Crippen molar-refractivity contribution in [3.8, 4) is 0 Å². The highest BCUT2D eigenvalue weighted by atomic mass is 19.1. The highest BCUT2D eigenvalue weighted by Gasteiger charge is 2.42. The fraction of sp³-hybridized carbons (Fsp3) is 0.529. The van der Waals surface area contributed by atoms with E-state index in [4.69, 9.17) is 15.5 Å².